The zero-order valence-electron chi connectivity index (χ0n) is 38.9. The minimum Gasteiger partial charge on any atom is -0.492 e. The number of nitrogens with zero attached hydrogens (tertiary/aromatic N) is 2. The summed E-state index contributed by atoms with van der Waals surface area (Å²) in [6.45, 7) is 15.3. The molecular weight excluding hydrogens is 915 g/mol. The smallest absolute Gasteiger partial charge is 0.492 e. The van der Waals surface area contributed by atoms with Gasteiger partial charge in [0.15, 0.2) is 0 Å². The first-order chi connectivity index (χ1) is 29.6. The van der Waals surface area contributed by atoms with E-state index in [1.54, 1.807) is 0 Å². The van der Waals surface area contributed by atoms with Crippen molar-refractivity contribution in [3.05, 3.63) is 29.3 Å². The van der Waals surface area contributed by atoms with Gasteiger partial charge in [-0.1, -0.05) is 13.0 Å². The summed E-state index contributed by atoms with van der Waals surface area (Å²) in [5, 5.41) is 0. The van der Waals surface area contributed by atoms with Crippen LogP contribution in [0.3, 0.4) is 0 Å². The number of hydrogen-bond donors (Lipinski definition) is 2. The number of hydrogen-bond acceptors (Lipinski definition) is 9. The molecule has 1 aromatic rings. The summed E-state index contributed by atoms with van der Waals surface area (Å²) >= 11 is 0. The Morgan fingerprint density at radius 3 is 2.08 bits per heavy atom. The van der Waals surface area contributed by atoms with E-state index in [9.17, 15) is 49.3 Å². The number of fused-ring (bicyclic) bond motifs is 5. The molecular formula is C45H74F9N2O5PS2. The van der Waals surface area contributed by atoms with Gasteiger partial charge in [-0.15, -0.1) is 0 Å². The van der Waals surface area contributed by atoms with Gasteiger partial charge >= 0.3 is 182 Å². The number of ether oxygens (including phenoxy) is 3. The molecule has 0 aliphatic heterocycles. The molecule has 5 atom stereocenters. The number of likely N-dealkylation sites (N-methyl/N-ethyl adjacent to an activating group) is 1. The Hall–Kier alpha value is -0.720. The molecule has 1 aromatic carbocycles. The topological polar surface area (TPSA) is 74.6 Å². The number of benzene rings is 1. The van der Waals surface area contributed by atoms with Crippen molar-refractivity contribution in [2.45, 2.75) is 178 Å². The van der Waals surface area contributed by atoms with Crippen LogP contribution < -0.4 is 4.74 Å². The second-order valence-corrected chi connectivity index (χ2v) is 25.4. The van der Waals surface area contributed by atoms with Gasteiger partial charge in [0.25, 0.3) is 0 Å². The maximum absolute atomic E-state index is 13.2. The Morgan fingerprint density at radius 2 is 1.45 bits per heavy atom. The zero-order chi connectivity index (χ0) is 47.9. The van der Waals surface area contributed by atoms with E-state index in [1.165, 1.54) is 11.1 Å². The Morgan fingerprint density at radius 1 is 0.812 bits per heavy atom. The van der Waals surface area contributed by atoms with Crippen molar-refractivity contribution < 1.29 is 63.5 Å². The van der Waals surface area contributed by atoms with Gasteiger partial charge in [0.2, 0.25) is 0 Å². The molecule has 374 valence electrons. The molecule has 4 rings (SSSR count). The van der Waals surface area contributed by atoms with Gasteiger partial charge in [-0.3, -0.25) is 0 Å². The predicted molar refractivity (Wildman–Crippen MR) is 242 cm³/mol. The third-order valence-corrected chi connectivity index (χ3v) is 20.2. The fourth-order valence-electron chi connectivity index (χ4n) is 10.7. The standard InChI is InChI=1S/C45H74F9N2O5PS2/c1-31(2)56(32(3)4)62(57,58)28-11-9-10-12-29-63-64-40(5,6)22-23-55(8)24-27-59-34-15-17-35-33(30-34)14-16-37-36(35)20-21-41(7)38(37)18-19-39(41)60-25-13-26-61-42(43(46,47)48,44(49,50)51)45(52,53)54/h15,17,30-32,36-39,57-58,62H,9-14,16,18-29H2,1-8H3/t36-,37-,38+,39+,41+/m1/s1. The van der Waals surface area contributed by atoms with Crippen LogP contribution in [0.15, 0.2) is 18.2 Å². The SMILES string of the molecule is CC(C)N(C(C)C)[PH](O)(O)CCCCCCSSC(C)(C)CCN(C)CCOc1ccc2c(c1)CC[C@@H]1[C@@H]2CC[C@]2(C)[C@@H](OCCCOC(C(F)(F)F)(C(F)(F)F)C(F)(F)F)CC[C@@H]12. The van der Waals surface area contributed by atoms with Crippen LogP contribution in [0, 0.1) is 17.3 Å². The van der Waals surface area contributed by atoms with Gasteiger partial charge in [-0.05, 0) is 98.4 Å². The van der Waals surface area contributed by atoms with Gasteiger partial charge < -0.3 is 14.2 Å². The molecule has 2 fully saturated rings. The Labute approximate surface area is 384 Å². The third kappa shape index (κ3) is 13.7. The third-order valence-electron chi connectivity index (χ3n) is 13.9. The number of unbranched alkanes of at least 4 members (excludes halogenated alkanes) is 3. The van der Waals surface area contributed by atoms with Crippen LogP contribution in [0.25, 0.3) is 0 Å². The van der Waals surface area contributed by atoms with Crippen LogP contribution in [0.2, 0.25) is 0 Å². The molecule has 3 aliphatic carbocycles. The van der Waals surface area contributed by atoms with E-state index in [0.717, 1.165) is 88.8 Å². The minimum absolute atomic E-state index is 0.112. The van der Waals surface area contributed by atoms with E-state index < -0.39 is 45.0 Å². The molecule has 3 aliphatic rings. The van der Waals surface area contributed by atoms with Crippen molar-refractivity contribution in [2.24, 2.45) is 17.3 Å². The van der Waals surface area contributed by atoms with Crippen molar-refractivity contribution in [1.29, 1.82) is 0 Å². The summed E-state index contributed by atoms with van der Waals surface area (Å²) in [5.74, 6) is 2.95. The number of aryl methyl sites for hydroxylation is 1. The Bertz CT molecular complexity index is 1560. The molecule has 64 heavy (non-hydrogen) atoms. The zero-order valence-corrected chi connectivity index (χ0v) is 41.5. The maximum atomic E-state index is 13.2. The van der Waals surface area contributed by atoms with Crippen molar-refractivity contribution in [3.8, 4) is 5.75 Å². The van der Waals surface area contributed by atoms with E-state index in [0.29, 0.717) is 36.9 Å². The normalized spacial score (nSPS) is 23.9. The first kappa shape index (κ1) is 55.9. The predicted octanol–water partition coefficient (Wildman–Crippen LogP) is 12.8. The van der Waals surface area contributed by atoms with Crippen LogP contribution in [0.1, 0.15) is 136 Å². The van der Waals surface area contributed by atoms with E-state index in [2.05, 4.69) is 49.6 Å². The van der Waals surface area contributed by atoms with Crippen molar-refractivity contribution >= 4 is 29.5 Å². The molecule has 0 saturated heterocycles. The first-order valence-corrected chi connectivity index (χ1v) is 27.4. The van der Waals surface area contributed by atoms with Crippen LogP contribution in [0.5, 0.6) is 5.75 Å². The molecule has 19 heteroatoms. The summed E-state index contributed by atoms with van der Waals surface area (Å²) in [6, 6.07) is 6.61. The molecule has 2 N–H and O–H groups in total. The molecule has 0 unspecified atom stereocenters. The average Bonchev–Trinajstić information content (AvgIpc) is 3.50. The van der Waals surface area contributed by atoms with E-state index in [4.69, 9.17) is 9.47 Å². The van der Waals surface area contributed by atoms with Crippen LogP contribution in [-0.4, -0.2) is 118 Å². The van der Waals surface area contributed by atoms with Crippen LogP contribution in [-0.2, 0) is 15.9 Å². The van der Waals surface area contributed by atoms with Crippen molar-refractivity contribution in [3.63, 3.8) is 0 Å². The van der Waals surface area contributed by atoms with Crippen LogP contribution in [0.4, 0.5) is 39.5 Å². The Kier molecular flexibility index (Phi) is 19.9. The number of alkyl halides is 9. The molecule has 7 nitrogen and oxygen atoms in total. The first-order valence-electron chi connectivity index (χ1n) is 23.0. The fourth-order valence-corrected chi connectivity index (χ4v) is 16.0. The second kappa shape index (κ2) is 22.8. The molecule has 0 heterocycles. The average molecular weight is 989 g/mol. The van der Waals surface area contributed by atoms with Crippen molar-refractivity contribution in [1.82, 2.24) is 9.57 Å². The molecule has 0 bridgehead atoms. The van der Waals surface area contributed by atoms with Gasteiger partial charge in [0.1, 0.15) is 12.4 Å². The summed E-state index contributed by atoms with van der Waals surface area (Å²) in [6.07, 6.45) is -10.5. The fraction of sp³-hybridized carbons (Fsp3) is 0.867. The van der Waals surface area contributed by atoms with Gasteiger partial charge in [-0.25, -0.2) is 0 Å². The van der Waals surface area contributed by atoms with E-state index in [-0.39, 0.29) is 35.0 Å². The monoisotopic (exact) mass is 988 g/mol. The summed E-state index contributed by atoms with van der Waals surface area (Å²) < 4.78 is 137. The van der Waals surface area contributed by atoms with Gasteiger partial charge in [-0.2, -0.15) is 39.5 Å². The number of halogens is 9. The molecule has 0 spiro atoms. The number of rotatable bonds is 25. The molecule has 0 aromatic heterocycles. The minimum atomic E-state index is -6.75. The van der Waals surface area contributed by atoms with E-state index >= 15 is 0 Å². The Balaban J connectivity index is 1.14. The summed E-state index contributed by atoms with van der Waals surface area (Å²) in [7, 11) is 2.59. The molecule has 0 radical (unpaired) electrons. The van der Waals surface area contributed by atoms with Crippen LogP contribution >= 0.6 is 29.5 Å². The quantitative estimate of drug-likeness (QED) is 0.0431. The molecule has 2 saturated carbocycles. The van der Waals surface area contributed by atoms with Gasteiger partial charge in [0.05, 0.1) is 12.7 Å². The molecule has 0 amide bonds. The van der Waals surface area contributed by atoms with Gasteiger partial charge in [0, 0.05) is 13.2 Å². The summed E-state index contributed by atoms with van der Waals surface area (Å²) in [4.78, 5) is 23.8. The van der Waals surface area contributed by atoms with E-state index in [1.807, 2.05) is 60.0 Å². The second-order valence-electron chi connectivity index (χ2n) is 19.7. The van der Waals surface area contributed by atoms with Crippen molar-refractivity contribution in [2.75, 3.05) is 51.9 Å². The summed E-state index contributed by atoms with van der Waals surface area (Å²) in [5.41, 5.74) is -3.93.